The maximum atomic E-state index is 11.5. The summed E-state index contributed by atoms with van der Waals surface area (Å²) in [5.41, 5.74) is 2.11. The van der Waals surface area contributed by atoms with Crippen LogP contribution in [0.4, 0.5) is 5.69 Å². The van der Waals surface area contributed by atoms with E-state index in [1.165, 1.54) is 0 Å². The van der Waals surface area contributed by atoms with Crippen LogP contribution in [-0.4, -0.2) is 10.9 Å². The van der Waals surface area contributed by atoms with E-state index in [0.29, 0.717) is 5.57 Å². The maximum absolute atomic E-state index is 11.5. The SMILES string of the molecule is C=C(C)C(=O)Nc1ccnc2ccccc12. The van der Waals surface area contributed by atoms with Crippen LogP contribution < -0.4 is 5.32 Å². The summed E-state index contributed by atoms with van der Waals surface area (Å²) in [6.07, 6.45) is 1.68. The molecule has 80 valence electrons. The molecule has 1 aromatic carbocycles. The molecule has 2 rings (SSSR count). The number of carbonyl (C=O) groups is 1. The highest BCUT2D eigenvalue weighted by Gasteiger charge is 2.05. The van der Waals surface area contributed by atoms with Crippen molar-refractivity contribution in [2.75, 3.05) is 5.32 Å². The molecule has 1 N–H and O–H groups in total. The van der Waals surface area contributed by atoms with Gasteiger partial charge in [-0.25, -0.2) is 0 Å². The lowest BCUT2D eigenvalue weighted by Crippen LogP contribution is -2.12. The van der Waals surface area contributed by atoms with Gasteiger partial charge < -0.3 is 5.32 Å². The average molecular weight is 212 g/mol. The number of fused-ring (bicyclic) bond motifs is 1. The molecule has 0 aliphatic heterocycles. The van der Waals surface area contributed by atoms with Crippen LogP contribution in [0.5, 0.6) is 0 Å². The van der Waals surface area contributed by atoms with Crippen LogP contribution in [0, 0.1) is 0 Å². The lowest BCUT2D eigenvalue weighted by Gasteiger charge is -2.07. The molecule has 1 amide bonds. The van der Waals surface area contributed by atoms with Crippen molar-refractivity contribution in [1.82, 2.24) is 4.98 Å². The molecule has 0 unspecified atom stereocenters. The van der Waals surface area contributed by atoms with Gasteiger partial charge in [0.2, 0.25) is 0 Å². The van der Waals surface area contributed by atoms with Crippen LogP contribution in [0.15, 0.2) is 48.7 Å². The molecule has 0 atom stereocenters. The first-order valence-electron chi connectivity index (χ1n) is 4.99. The van der Waals surface area contributed by atoms with Gasteiger partial charge in [-0.15, -0.1) is 0 Å². The highest BCUT2D eigenvalue weighted by atomic mass is 16.1. The summed E-state index contributed by atoms with van der Waals surface area (Å²) < 4.78 is 0. The fraction of sp³-hybridized carbons (Fsp3) is 0.0769. The van der Waals surface area contributed by atoms with Gasteiger partial charge in [-0.1, -0.05) is 24.8 Å². The van der Waals surface area contributed by atoms with Crippen molar-refractivity contribution in [3.05, 3.63) is 48.7 Å². The number of anilines is 1. The Morgan fingerprint density at radius 2 is 2.06 bits per heavy atom. The molecule has 0 bridgehead atoms. The molecular weight excluding hydrogens is 200 g/mol. The molecule has 1 aromatic heterocycles. The van der Waals surface area contributed by atoms with E-state index in [0.717, 1.165) is 16.6 Å². The third-order valence-electron chi connectivity index (χ3n) is 2.28. The lowest BCUT2D eigenvalue weighted by atomic mass is 10.2. The normalized spacial score (nSPS) is 10.1. The van der Waals surface area contributed by atoms with E-state index in [1.54, 1.807) is 19.2 Å². The molecule has 0 radical (unpaired) electrons. The van der Waals surface area contributed by atoms with Crippen molar-refractivity contribution >= 4 is 22.5 Å². The first-order valence-corrected chi connectivity index (χ1v) is 4.99. The Balaban J connectivity index is 2.45. The number of nitrogens with one attached hydrogen (secondary N) is 1. The van der Waals surface area contributed by atoms with Crippen molar-refractivity contribution < 1.29 is 4.79 Å². The third kappa shape index (κ3) is 1.93. The number of benzene rings is 1. The van der Waals surface area contributed by atoms with Gasteiger partial charge in [-0.3, -0.25) is 9.78 Å². The number of nitrogens with zero attached hydrogens (tertiary/aromatic N) is 1. The zero-order valence-corrected chi connectivity index (χ0v) is 9.03. The molecule has 0 saturated carbocycles. The molecule has 0 saturated heterocycles. The predicted octanol–water partition coefficient (Wildman–Crippen LogP) is 2.75. The molecule has 0 aliphatic carbocycles. The van der Waals surface area contributed by atoms with Gasteiger partial charge in [0.05, 0.1) is 11.2 Å². The maximum Gasteiger partial charge on any atom is 0.250 e. The zero-order chi connectivity index (χ0) is 11.5. The van der Waals surface area contributed by atoms with Crippen LogP contribution in [0.25, 0.3) is 10.9 Å². The Morgan fingerprint density at radius 3 is 2.81 bits per heavy atom. The Kier molecular flexibility index (Phi) is 2.68. The summed E-state index contributed by atoms with van der Waals surface area (Å²) >= 11 is 0. The Hall–Kier alpha value is -2.16. The van der Waals surface area contributed by atoms with Gasteiger partial charge in [0.15, 0.2) is 0 Å². The van der Waals surface area contributed by atoms with E-state index < -0.39 is 0 Å². The molecule has 16 heavy (non-hydrogen) atoms. The fourth-order valence-electron chi connectivity index (χ4n) is 1.43. The van der Waals surface area contributed by atoms with E-state index in [-0.39, 0.29) is 5.91 Å². The lowest BCUT2D eigenvalue weighted by molar-refractivity contribution is -0.112. The molecule has 1 heterocycles. The number of rotatable bonds is 2. The highest BCUT2D eigenvalue weighted by molar-refractivity contribution is 6.07. The van der Waals surface area contributed by atoms with Crippen LogP contribution in [0.2, 0.25) is 0 Å². The fourth-order valence-corrected chi connectivity index (χ4v) is 1.43. The second-order valence-corrected chi connectivity index (χ2v) is 3.61. The summed E-state index contributed by atoms with van der Waals surface area (Å²) in [7, 11) is 0. The summed E-state index contributed by atoms with van der Waals surface area (Å²) in [6, 6.07) is 9.45. The van der Waals surface area contributed by atoms with Gasteiger partial charge in [-0.2, -0.15) is 0 Å². The zero-order valence-electron chi connectivity index (χ0n) is 9.03. The summed E-state index contributed by atoms with van der Waals surface area (Å²) in [5.74, 6) is -0.170. The molecular formula is C13H12N2O. The van der Waals surface area contributed by atoms with E-state index in [2.05, 4.69) is 16.9 Å². The van der Waals surface area contributed by atoms with E-state index >= 15 is 0 Å². The monoisotopic (exact) mass is 212 g/mol. The van der Waals surface area contributed by atoms with Crippen molar-refractivity contribution in [3.63, 3.8) is 0 Å². The van der Waals surface area contributed by atoms with Crippen molar-refractivity contribution in [2.24, 2.45) is 0 Å². The van der Waals surface area contributed by atoms with Gasteiger partial charge >= 0.3 is 0 Å². The van der Waals surface area contributed by atoms with Crippen LogP contribution >= 0.6 is 0 Å². The van der Waals surface area contributed by atoms with Gasteiger partial charge in [-0.05, 0) is 19.1 Å². The molecule has 0 aliphatic rings. The molecule has 0 spiro atoms. The Morgan fingerprint density at radius 1 is 1.31 bits per heavy atom. The van der Waals surface area contributed by atoms with Crippen LogP contribution in [0.3, 0.4) is 0 Å². The predicted molar refractivity (Wildman–Crippen MR) is 65.2 cm³/mol. The number of hydrogen-bond donors (Lipinski definition) is 1. The number of hydrogen-bond acceptors (Lipinski definition) is 2. The molecule has 3 heteroatoms. The molecule has 3 nitrogen and oxygen atoms in total. The minimum absolute atomic E-state index is 0.170. The summed E-state index contributed by atoms with van der Waals surface area (Å²) in [5, 5.41) is 3.74. The Labute approximate surface area is 93.8 Å². The minimum atomic E-state index is -0.170. The Bertz CT molecular complexity index is 555. The molecule has 2 aromatic rings. The second-order valence-electron chi connectivity index (χ2n) is 3.61. The van der Waals surface area contributed by atoms with E-state index in [4.69, 9.17) is 0 Å². The van der Waals surface area contributed by atoms with Gasteiger partial charge in [0, 0.05) is 17.2 Å². The quantitative estimate of drug-likeness (QED) is 0.778. The smallest absolute Gasteiger partial charge is 0.250 e. The number of para-hydroxylation sites is 1. The summed E-state index contributed by atoms with van der Waals surface area (Å²) in [6.45, 7) is 5.28. The number of aromatic nitrogens is 1. The van der Waals surface area contributed by atoms with Crippen molar-refractivity contribution in [1.29, 1.82) is 0 Å². The topological polar surface area (TPSA) is 42.0 Å². The summed E-state index contributed by atoms with van der Waals surface area (Å²) in [4.78, 5) is 15.7. The third-order valence-corrected chi connectivity index (χ3v) is 2.28. The van der Waals surface area contributed by atoms with Gasteiger partial charge in [0.25, 0.3) is 5.91 Å². The van der Waals surface area contributed by atoms with Crippen molar-refractivity contribution in [3.8, 4) is 0 Å². The van der Waals surface area contributed by atoms with E-state index in [9.17, 15) is 4.79 Å². The highest BCUT2D eigenvalue weighted by Crippen LogP contribution is 2.21. The van der Waals surface area contributed by atoms with Crippen molar-refractivity contribution in [2.45, 2.75) is 6.92 Å². The number of amides is 1. The largest absolute Gasteiger partial charge is 0.322 e. The van der Waals surface area contributed by atoms with Crippen LogP contribution in [0.1, 0.15) is 6.92 Å². The number of carbonyl (C=O) groups excluding carboxylic acids is 1. The minimum Gasteiger partial charge on any atom is -0.322 e. The average Bonchev–Trinajstić information content (AvgIpc) is 2.29. The second kappa shape index (κ2) is 4.14. The number of pyridine rings is 1. The molecule has 0 fully saturated rings. The first-order chi connectivity index (χ1) is 7.68. The van der Waals surface area contributed by atoms with E-state index in [1.807, 2.05) is 24.3 Å². The standard InChI is InChI=1S/C13H12N2O/c1-9(2)13(16)15-12-7-8-14-11-6-4-3-5-10(11)12/h3-8H,1H2,2H3,(H,14,15,16). The first kappa shape index (κ1) is 10.4. The van der Waals surface area contributed by atoms with Gasteiger partial charge in [0.1, 0.15) is 0 Å². The van der Waals surface area contributed by atoms with Crippen LogP contribution in [-0.2, 0) is 4.79 Å².